The lowest BCUT2D eigenvalue weighted by Crippen LogP contribution is -2.14. The van der Waals surface area contributed by atoms with Gasteiger partial charge in [0.2, 0.25) is 5.78 Å². The fourth-order valence-electron chi connectivity index (χ4n) is 3.14. The molecule has 27 heavy (non-hydrogen) atoms. The van der Waals surface area contributed by atoms with Crippen molar-refractivity contribution in [1.82, 2.24) is 4.57 Å². The van der Waals surface area contributed by atoms with Gasteiger partial charge in [-0.25, -0.2) is 4.79 Å². The number of fused-ring (bicyclic) bond motifs is 2. The van der Waals surface area contributed by atoms with Gasteiger partial charge < -0.3 is 18.8 Å². The molecule has 1 aliphatic heterocycles. The molecule has 6 nitrogen and oxygen atoms in total. The topological polar surface area (TPSA) is 66.8 Å². The molecule has 0 unspecified atom stereocenters. The number of rotatable bonds is 4. The lowest BCUT2D eigenvalue weighted by atomic mass is 10.1. The Hall–Kier alpha value is -3.38. The van der Waals surface area contributed by atoms with Gasteiger partial charge in [-0.3, -0.25) is 4.79 Å². The van der Waals surface area contributed by atoms with Gasteiger partial charge >= 0.3 is 5.97 Å². The number of Topliss-reactive ketones (excluding diaryl/α,β-unsaturated/α-hetero) is 1. The Balaban J connectivity index is 1.65. The standard InChI is InChI=1S/C21H17NO5/c1-22-11-13(15-5-3-4-6-17(15)22)9-19-21(24)16-8-7-14(10-18(16)27-19)26-20(23)12-25-2/h3-11H,12H2,1-2H3/b19-9-. The summed E-state index contributed by atoms with van der Waals surface area (Å²) in [4.78, 5) is 24.2. The maximum Gasteiger partial charge on any atom is 0.337 e. The molecule has 0 bridgehead atoms. The highest BCUT2D eigenvalue weighted by Gasteiger charge is 2.28. The Morgan fingerprint density at radius 3 is 2.85 bits per heavy atom. The average Bonchev–Trinajstić information content (AvgIpc) is 3.13. The van der Waals surface area contributed by atoms with E-state index in [1.54, 1.807) is 18.2 Å². The first kappa shape index (κ1) is 17.1. The predicted molar refractivity (Wildman–Crippen MR) is 99.8 cm³/mol. The van der Waals surface area contributed by atoms with E-state index in [0.29, 0.717) is 17.1 Å². The molecule has 0 atom stereocenters. The van der Waals surface area contributed by atoms with Crippen LogP contribution in [0.2, 0.25) is 0 Å². The lowest BCUT2D eigenvalue weighted by molar-refractivity contribution is -0.138. The van der Waals surface area contributed by atoms with Crippen LogP contribution in [-0.2, 0) is 16.6 Å². The van der Waals surface area contributed by atoms with Gasteiger partial charge in [0, 0.05) is 42.9 Å². The number of methoxy groups -OCH3 is 1. The van der Waals surface area contributed by atoms with E-state index in [1.807, 2.05) is 42.1 Å². The molecule has 0 saturated carbocycles. The zero-order chi connectivity index (χ0) is 19.0. The summed E-state index contributed by atoms with van der Waals surface area (Å²) in [6.07, 6.45) is 3.69. The number of nitrogens with zero attached hydrogens (tertiary/aromatic N) is 1. The van der Waals surface area contributed by atoms with Crippen LogP contribution in [0.5, 0.6) is 11.5 Å². The van der Waals surface area contributed by atoms with Gasteiger partial charge in [0.25, 0.3) is 0 Å². The predicted octanol–water partition coefficient (Wildman–Crippen LogP) is 3.35. The van der Waals surface area contributed by atoms with Gasteiger partial charge in [-0.1, -0.05) is 18.2 Å². The number of carbonyl (C=O) groups excluding carboxylic acids is 2. The molecule has 0 radical (unpaired) electrons. The summed E-state index contributed by atoms with van der Waals surface area (Å²) in [6, 6.07) is 12.6. The summed E-state index contributed by atoms with van der Waals surface area (Å²) in [5.74, 6) is 0.187. The highest BCUT2D eigenvalue weighted by Crippen LogP contribution is 2.35. The fourth-order valence-corrected chi connectivity index (χ4v) is 3.14. The molecule has 2 heterocycles. The molecule has 1 aromatic heterocycles. The molecule has 0 aliphatic carbocycles. The SMILES string of the molecule is COCC(=O)Oc1ccc2c(c1)O/C(=C\c1cn(C)c3ccccc13)C2=O. The largest absolute Gasteiger partial charge is 0.452 e. The van der Waals surface area contributed by atoms with Crippen LogP contribution in [0.1, 0.15) is 15.9 Å². The van der Waals surface area contributed by atoms with E-state index in [1.165, 1.54) is 13.2 Å². The first-order valence-electron chi connectivity index (χ1n) is 8.39. The summed E-state index contributed by atoms with van der Waals surface area (Å²) in [6.45, 7) is -0.150. The molecular weight excluding hydrogens is 346 g/mol. The van der Waals surface area contributed by atoms with Crippen molar-refractivity contribution in [3.8, 4) is 11.5 Å². The summed E-state index contributed by atoms with van der Waals surface area (Å²) in [5.41, 5.74) is 2.41. The van der Waals surface area contributed by atoms with Crippen LogP contribution in [0.15, 0.2) is 54.4 Å². The third-order valence-corrected chi connectivity index (χ3v) is 4.35. The highest BCUT2D eigenvalue weighted by atomic mass is 16.6. The van der Waals surface area contributed by atoms with E-state index >= 15 is 0 Å². The van der Waals surface area contributed by atoms with Crippen molar-refractivity contribution in [2.24, 2.45) is 7.05 Å². The molecule has 2 aromatic carbocycles. The van der Waals surface area contributed by atoms with Crippen LogP contribution >= 0.6 is 0 Å². The van der Waals surface area contributed by atoms with Crippen molar-refractivity contribution in [3.63, 3.8) is 0 Å². The van der Waals surface area contributed by atoms with Gasteiger partial charge in [-0.15, -0.1) is 0 Å². The minimum Gasteiger partial charge on any atom is -0.452 e. The number of ether oxygens (including phenoxy) is 3. The molecule has 6 heteroatoms. The Bertz CT molecular complexity index is 1090. The zero-order valence-electron chi connectivity index (χ0n) is 14.9. The summed E-state index contributed by atoms with van der Waals surface area (Å²) >= 11 is 0. The lowest BCUT2D eigenvalue weighted by Gasteiger charge is -2.04. The van der Waals surface area contributed by atoms with Crippen molar-refractivity contribution in [3.05, 3.63) is 65.5 Å². The number of carbonyl (C=O) groups is 2. The van der Waals surface area contributed by atoms with E-state index in [9.17, 15) is 9.59 Å². The average molecular weight is 363 g/mol. The monoisotopic (exact) mass is 363 g/mol. The molecule has 0 amide bonds. The third-order valence-electron chi connectivity index (χ3n) is 4.35. The van der Waals surface area contributed by atoms with E-state index < -0.39 is 5.97 Å². The minimum atomic E-state index is -0.520. The van der Waals surface area contributed by atoms with Crippen LogP contribution in [0, 0.1) is 0 Å². The summed E-state index contributed by atoms with van der Waals surface area (Å²) in [7, 11) is 3.37. The summed E-state index contributed by atoms with van der Waals surface area (Å²) < 4.78 is 17.6. The molecule has 0 N–H and O–H groups in total. The van der Waals surface area contributed by atoms with Crippen molar-refractivity contribution >= 4 is 28.7 Å². The molecule has 3 aromatic rings. The summed E-state index contributed by atoms with van der Waals surface area (Å²) in [5, 5.41) is 1.04. The van der Waals surface area contributed by atoms with E-state index in [-0.39, 0.29) is 18.1 Å². The number of allylic oxidation sites excluding steroid dienone is 1. The van der Waals surface area contributed by atoms with Crippen molar-refractivity contribution in [1.29, 1.82) is 0 Å². The Morgan fingerprint density at radius 1 is 1.22 bits per heavy atom. The van der Waals surface area contributed by atoms with E-state index in [4.69, 9.17) is 14.2 Å². The van der Waals surface area contributed by atoms with E-state index in [2.05, 4.69) is 0 Å². The fraction of sp³-hybridized carbons (Fsp3) is 0.143. The first-order valence-corrected chi connectivity index (χ1v) is 8.39. The van der Waals surface area contributed by atoms with Crippen LogP contribution in [0.25, 0.3) is 17.0 Å². The molecule has 0 saturated heterocycles. The number of aryl methyl sites for hydroxylation is 1. The first-order chi connectivity index (χ1) is 13.1. The van der Waals surface area contributed by atoms with Crippen molar-refractivity contribution in [2.45, 2.75) is 0 Å². The van der Waals surface area contributed by atoms with Crippen LogP contribution in [0.4, 0.5) is 0 Å². The number of hydrogen-bond donors (Lipinski definition) is 0. The Morgan fingerprint density at radius 2 is 2.04 bits per heavy atom. The Labute approximate surface area is 155 Å². The smallest absolute Gasteiger partial charge is 0.337 e. The molecule has 4 rings (SSSR count). The third kappa shape index (κ3) is 3.11. The second-order valence-electron chi connectivity index (χ2n) is 6.22. The van der Waals surface area contributed by atoms with Gasteiger partial charge in [0.1, 0.15) is 18.1 Å². The number of esters is 1. The number of hydrogen-bond acceptors (Lipinski definition) is 5. The van der Waals surface area contributed by atoms with Gasteiger partial charge in [0.05, 0.1) is 5.56 Å². The number of benzene rings is 2. The minimum absolute atomic E-state index is 0.150. The second-order valence-corrected chi connectivity index (χ2v) is 6.22. The van der Waals surface area contributed by atoms with Gasteiger partial charge in [-0.2, -0.15) is 0 Å². The Kier molecular flexibility index (Phi) is 4.25. The number of para-hydroxylation sites is 1. The molecule has 0 spiro atoms. The zero-order valence-corrected chi connectivity index (χ0v) is 14.9. The molecular formula is C21H17NO5. The molecule has 1 aliphatic rings. The van der Waals surface area contributed by atoms with Crippen molar-refractivity contribution in [2.75, 3.05) is 13.7 Å². The van der Waals surface area contributed by atoms with Gasteiger partial charge in [0.15, 0.2) is 5.76 Å². The quantitative estimate of drug-likeness (QED) is 0.404. The van der Waals surface area contributed by atoms with Crippen LogP contribution < -0.4 is 9.47 Å². The van der Waals surface area contributed by atoms with Crippen LogP contribution in [0.3, 0.4) is 0 Å². The number of aromatic nitrogens is 1. The maximum atomic E-state index is 12.7. The van der Waals surface area contributed by atoms with Crippen LogP contribution in [-0.4, -0.2) is 30.0 Å². The number of ketones is 1. The molecule has 0 fully saturated rings. The maximum absolute atomic E-state index is 12.7. The highest BCUT2D eigenvalue weighted by molar-refractivity contribution is 6.15. The normalized spacial score (nSPS) is 14.4. The van der Waals surface area contributed by atoms with Crippen molar-refractivity contribution < 1.29 is 23.8 Å². The van der Waals surface area contributed by atoms with E-state index in [0.717, 1.165) is 16.5 Å². The second kappa shape index (κ2) is 6.74. The molecule has 136 valence electrons. The van der Waals surface area contributed by atoms with Gasteiger partial charge in [-0.05, 0) is 24.3 Å².